The molecule has 0 bridgehead atoms. The number of rotatable bonds is 8. The molecule has 5 rings (SSSR count). The Balaban J connectivity index is 1.48. The van der Waals surface area contributed by atoms with Gasteiger partial charge in [0.1, 0.15) is 17.2 Å². The molecule has 6 nitrogen and oxygen atoms in total. The Morgan fingerprint density at radius 3 is 2.24 bits per heavy atom. The van der Waals surface area contributed by atoms with E-state index < -0.39 is 17.9 Å². The molecule has 1 aliphatic carbocycles. The Morgan fingerprint density at radius 1 is 0.951 bits per heavy atom. The summed E-state index contributed by atoms with van der Waals surface area (Å²) in [5.74, 6) is 0.476. The summed E-state index contributed by atoms with van der Waals surface area (Å²) < 4.78 is 6.23. The Kier molecular flexibility index (Phi) is 8.11. The molecule has 1 aliphatic rings. The SMILES string of the molecule is CN(C(=O)c1cc2ccc(Oc3ccc(C(C)(C)C)cc3)cc2c(CC2CCCC2)n1)[C@H](C(=O)O)c1ccccc1. The minimum atomic E-state index is -1.11. The summed E-state index contributed by atoms with van der Waals surface area (Å²) in [7, 11) is 1.53. The predicted octanol–water partition coefficient (Wildman–Crippen LogP) is 7.96. The minimum absolute atomic E-state index is 0.0665. The first-order chi connectivity index (χ1) is 19.6. The van der Waals surface area contributed by atoms with Crippen LogP contribution in [0, 0.1) is 5.92 Å². The maximum absolute atomic E-state index is 13.7. The third-order valence-corrected chi connectivity index (χ3v) is 8.07. The number of carbonyl (C=O) groups excluding carboxylic acids is 1. The molecule has 0 unspecified atom stereocenters. The second kappa shape index (κ2) is 11.7. The zero-order valence-electron chi connectivity index (χ0n) is 24.3. The van der Waals surface area contributed by atoms with E-state index in [1.807, 2.05) is 36.4 Å². The van der Waals surface area contributed by atoms with E-state index in [0.29, 0.717) is 17.2 Å². The number of amides is 1. The number of nitrogens with zero attached hydrogens (tertiary/aromatic N) is 2. The maximum atomic E-state index is 13.7. The van der Waals surface area contributed by atoms with Crippen LogP contribution < -0.4 is 4.74 Å². The Bertz CT molecular complexity index is 1530. The van der Waals surface area contributed by atoms with Crippen molar-refractivity contribution in [3.63, 3.8) is 0 Å². The van der Waals surface area contributed by atoms with E-state index in [9.17, 15) is 14.7 Å². The van der Waals surface area contributed by atoms with Gasteiger partial charge in [-0.1, -0.05) is 95.0 Å². The molecule has 1 N–H and O–H groups in total. The van der Waals surface area contributed by atoms with Gasteiger partial charge in [0.05, 0.1) is 0 Å². The van der Waals surface area contributed by atoms with Crippen LogP contribution in [-0.4, -0.2) is 33.9 Å². The fourth-order valence-electron chi connectivity index (χ4n) is 5.74. The number of pyridine rings is 1. The number of hydrogen-bond acceptors (Lipinski definition) is 4. The molecule has 1 saturated carbocycles. The molecular formula is C35H38N2O4. The standard InChI is InChI=1S/C35H38N2O4/c1-35(2,3)26-15-18-27(19-16-26)41-28-17-14-25-21-31(36-30(29(25)22-28)20-23-10-8-9-11-23)33(38)37(4)32(34(39)40)24-12-6-5-7-13-24/h5-7,12-19,21-23,32H,8-11,20H2,1-4H3,(H,39,40)/t32-/m0/s1. The largest absolute Gasteiger partial charge is 0.479 e. The van der Waals surface area contributed by atoms with E-state index in [4.69, 9.17) is 9.72 Å². The first-order valence-corrected chi connectivity index (χ1v) is 14.4. The molecular weight excluding hydrogens is 512 g/mol. The molecule has 4 aromatic rings. The number of fused-ring (bicyclic) bond motifs is 1. The van der Waals surface area contributed by atoms with Crippen LogP contribution in [0.25, 0.3) is 10.8 Å². The van der Waals surface area contributed by atoms with Crippen molar-refractivity contribution in [1.82, 2.24) is 9.88 Å². The maximum Gasteiger partial charge on any atom is 0.331 e. The summed E-state index contributed by atoms with van der Waals surface area (Å²) in [5.41, 5.74) is 2.95. The lowest BCUT2D eigenvalue weighted by Crippen LogP contribution is -2.36. The van der Waals surface area contributed by atoms with Crippen LogP contribution in [0.4, 0.5) is 0 Å². The van der Waals surface area contributed by atoms with E-state index >= 15 is 0 Å². The quantitative estimate of drug-likeness (QED) is 0.241. The van der Waals surface area contributed by atoms with Gasteiger partial charge in [-0.25, -0.2) is 9.78 Å². The lowest BCUT2D eigenvalue weighted by atomic mass is 9.87. The summed E-state index contributed by atoms with van der Waals surface area (Å²) in [6, 6.07) is 23.5. The Hall–Kier alpha value is -4.19. The Morgan fingerprint density at radius 2 is 1.61 bits per heavy atom. The van der Waals surface area contributed by atoms with Gasteiger partial charge in [0, 0.05) is 18.1 Å². The van der Waals surface area contributed by atoms with Gasteiger partial charge in [0.2, 0.25) is 0 Å². The highest BCUT2D eigenvalue weighted by Gasteiger charge is 2.30. The highest BCUT2D eigenvalue weighted by atomic mass is 16.5. The highest BCUT2D eigenvalue weighted by Crippen LogP contribution is 2.34. The molecule has 1 heterocycles. The molecule has 1 aromatic heterocycles. The predicted molar refractivity (Wildman–Crippen MR) is 162 cm³/mol. The van der Waals surface area contributed by atoms with Crippen molar-refractivity contribution in [2.75, 3.05) is 7.05 Å². The normalized spacial score (nSPS) is 14.6. The van der Waals surface area contributed by atoms with E-state index in [1.165, 1.54) is 30.4 Å². The average Bonchev–Trinajstić information content (AvgIpc) is 3.46. The van der Waals surface area contributed by atoms with Crippen LogP contribution >= 0.6 is 0 Å². The zero-order valence-corrected chi connectivity index (χ0v) is 24.3. The summed E-state index contributed by atoms with van der Waals surface area (Å²) in [6.45, 7) is 6.56. The van der Waals surface area contributed by atoms with E-state index in [1.54, 1.807) is 30.3 Å². The summed E-state index contributed by atoms with van der Waals surface area (Å²) in [6.07, 6.45) is 5.48. The van der Waals surface area contributed by atoms with Crippen molar-refractivity contribution in [3.05, 3.63) is 101 Å². The number of aliphatic carboxylic acids is 1. The van der Waals surface area contributed by atoms with E-state index in [-0.39, 0.29) is 11.1 Å². The summed E-state index contributed by atoms with van der Waals surface area (Å²) >= 11 is 0. The first-order valence-electron chi connectivity index (χ1n) is 14.4. The van der Waals surface area contributed by atoms with Gasteiger partial charge in [0.15, 0.2) is 6.04 Å². The van der Waals surface area contributed by atoms with Gasteiger partial charge in [0.25, 0.3) is 5.91 Å². The molecule has 1 atom stereocenters. The third kappa shape index (κ3) is 6.43. The fourth-order valence-corrected chi connectivity index (χ4v) is 5.74. The molecule has 1 amide bonds. The molecule has 0 aliphatic heterocycles. The number of likely N-dealkylation sites (N-methyl/N-ethyl adjacent to an activating group) is 1. The van der Waals surface area contributed by atoms with Gasteiger partial charge in [-0.15, -0.1) is 0 Å². The second-order valence-electron chi connectivity index (χ2n) is 12.1. The molecule has 0 spiro atoms. The minimum Gasteiger partial charge on any atom is -0.479 e. The van der Waals surface area contributed by atoms with Crippen LogP contribution in [0.3, 0.4) is 0 Å². The number of benzene rings is 3. The second-order valence-corrected chi connectivity index (χ2v) is 12.1. The molecule has 6 heteroatoms. The van der Waals surface area contributed by atoms with Crippen LogP contribution in [-0.2, 0) is 16.6 Å². The summed E-state index contributed by atoms with van der Waals surface area (Å²) in [5, 5.41) is 11.8. The van der Waals surface area contributed by atoms with Crippen molar-refractivity contribution in [1.29, 1.82) is 0 Å². The molecule has 212 valence electrons. The lowest BCUT2D eigenvalue weighted by molar-refractivity contribution is -0.142. The van der Waals surface area contributed by atoms with Gasteiger partial charge >= 0.3 is 5.97 Å². The van der Waals surface area contributed by atoms with Crippen molar-refractivity contribution < 1.29 is 19.4 Å². The van der Waals surface area contributed by atoms with Gasteiger partial charge < -0.3 is 14.7 Å². The topological polar surface area (TPSA) is 79.7 Å². The van der Waals surface area contributed by atoms with Crippen LogP contribution in [0.1, 0.15) is 79.8 Å². The molecule has 3 aromatic carbocycles. The highest BCUT2D eigenvalue weighted by molar-refractivity contribution is 5.99. The van der Waals surface area contributed by atoms with Crippen molar-refractivity contribution in [2.45, 2.75) is 64.3 Å². The van der Waals surface area contributed by atoms with Crippen LogP contribution in [0.2, 0.25) is 0 Å². The fraction of sp³-hybridized carbons (Fsp3) is 0.343. The third-order valence-electron chi connectivity index (χ3n) is 8.07. The number of carboxylic acids is 1. The van der Waals surface area contributed by atoms with Crippen molar-refractivity contribution >= 4 is 22.6 Å². The van der Waals surface area contributed by atoms with Gasteiger partial charge in [-0.05, 0) is 64.6 Å². The average molecular weight is 551 g/mol. The number of carbonyl (C=O) groups is 2. The lowest BCUT2D eigenvalue weighted by Gasteiger charge is -2.25. The number of carboxylic acid groups (broad SMARTS) is 1. The zero-order chi connectivity index (χ0) is 29.1. The van der Waals surface area contributed by atoms with E-state index in [2.05, 4.69) is 32.9 Å². The number of hydrogen-bond donors (Lipinski definition) is 1. The van der Waals surface area contributed by atoms with Crippen molar-refractivity contribution in [3.8, 4) is 11.5 Å². The van der Waals surface area contributed by atoms with Gasteiger partial charge in [-0.2, -0.15) is 0 Å². The molecule has 1 fully saturated rings. The monoisotopic (exact) mass is 550 g/mol. The number of ether oxygens (including phenoxy) is 1. The molecule has 0 radical (unpaired) electrons. The molecule has 0 saturated heterocycles. The first kappa shape index (κ1) is 28.3. The number of aromatic nitrogens is 1. The van der Waals surface area contributed by atoms with E-state index in [0.717, 1.165) is 41.5 Å². The van der Waals surface area contributed by atoms with Crippen molar-refractivity contribution in [2.24, 2.45) is 5.92 Å². The summed E-state index contributed by atoms with van der Waals surface area (Å²) in [4.78, 5) is 32.0. The van der Waals surface area contributed by atoms with Crippen LogP contribution in [0.15, 0.2) is 78.9 Å². The molecule has 41 heavy (non-hydrogen) atoms. The smallest absolute Gasteiger partial charge is 0.331 e. The Labute approximate surface area is 242 Å². The van der Waals surface area contributed by atoms with Crippen LogP contribution in [0.5, 0.6) is 11.5 Å². The van der Waals surface area contributed by atoms with Gasteiger partial charge in [-0.3, -0.25) is 4.79 Å².